The van der Waals surface area contributed by atoms with Gasteiger partial charge in [0.05, 0.1) is 12.1 Å². The van der Waals surface area contributed by atoms with E-state index in [1.54, 1.807) is 18.3 Å². The summed E-state index contributed by atoms with van der Waals surface area (Å²) in [6.07, 6.45) is 4.09. The highest BCUT2D eigenvalue weighted by atomic mass is 16.6. The molecule has 1 amide bonds. The number of ether oxygens (including phenoxy) is 1. The minimum atomic E-state index is -0.387. The molecule has 8 nitrogen and oxygen atoms in total. The van der Waals surface area contributed by atoms with Crippen LogP contribution in [-0.2, 0) is 4.74 Å². The zero-order valence-corrected chi connectivity index (χ0v) is 17.9. The maximum atomic E-state index is 12.5. The summed E-state index contributed by atoms with van der Waals surface area (Å²) in [5, 5.41) is 9.33. The minimum Gasteiger partial charge on any atom is -0.441 e. The molecule has 3 aliphatic rings. The normalized spacial score (nSPS) is 22.3. The number of hydrogen-bond donors (Lipinski definition) is 0. The lowest BCUT2D eigenvalue weighted by atomic mass is 9.91. The zero-order chi connectivity index (χ0) is 21.0. The topological polar surface area (TPSA) is 75.9 Å². The Balaban J connectivity index is 1.24. The van der Waals surface area contributed by atoms with E-state index in [1.165, 1.54) is 0 Å². The fourth-order valence-electron chi connectivity index (χ4n) is 4.80. The van der Waals surface area contributed by atoms with Gasteiger partial charge < -0.3 is 24.3 Å². The van der Waals surface area contributed by atoms with E-state index < -0.39 is 0 Å². The van der Waals surface area contributed by atoms with Crippen molar-refractivity contribution in [1.82, 2.24) is 19.7 Å². The second kappa shape index (κ2) is 9.19. The van der Waals surface area contributed by atoms with Crippen molar-refractivity contribution in [2.75, 3.05) is 70.3 Å². The molecule has 0 N–H and O–H groups in total. The van der Waals surface area contributed by atoms with Crippen LogP contribution in [0, 0.1) is 11.3 Å². The van der Waals surface area contributed by atoms with Crippen molar-refractivity contribution in [3.8, 4) is 6.07 Å². The standard InChI is InChI=1S/C22H32N6O2/c1-2-25-13-15-26(16-14-25)9-4-10-28-18-22(30-21(28)29)6-11-27(12-7-22)20-19(17-23)5-3-8-24-20/h3,5,8H,2,4,6-7,9-16,18H2,1H3. The van der Waals surface area contributed by atoms with Crippen molar-refractivity contribution in [3.63, 3.8) is 0 Å². The monoisotopic (exact) mass is 412 g/mol. The minimum absolute atomic E-state index is 0.171. The Morgan fingerprint density at radius 2 is 1.87 bits per heavy atom. The number of nitriles is 1. The van der Waals surface area contributed by atoms with Crippen LogP contribution >= 0.6 is 0 Å². The highest BCUT2D eigenvalue weighted by Crippen LogP contribution is 2.35. The van der Waals surface area contributed by atoms with Crippen LogP contribution in [0.4, 0.5) is 10.6 Å². The number of piperidine rings is 1. The van der Waals surface area contributed by atoms with Crippen molar-refractivity contribution < 1.29 is 9.53 Å². The van der Waals surface area contributed by atoms with Gasteiger partial charge in [0, 0.05) is 64.9 Å². The smallest absolute Gasteiger partial charge is 0.410 e. The summed E-state index contributed by atoms with van der Waals surface area (Å²) in [6, 6.07) is 5.80. The average molecular weight is 413 g/mol. The Labute approximate surface area is 179 Å². The van der Waals surface area contributed by atoms with Crippen LogP contribution in [0.15, 0.2) is 18.3 Å². The molecule has 3 aliphatic heterocycles. The Morgan fingerprint density at radius 3 is 2.57 bits per heavy atom. The number of carbonyl (C=O) groups is 1. The van der Waals surface area contributed by atoms with E-state index in [0.717, 1.165) is 84.0 Å². The van der Waals surface area contributed by atoms with Gasteiger partial charge in [-0.25, -0.2) is 9.78 Å². The number of pyridine rings is 1. The van der Waals surface area contributed by atoms with Crippen LogP contribution < -0.4 is 4.90 Å². The molecule has 1 aromatic heterocycles. The van der Waals surface area contributed by atoms with Crippen LogP contribution in [0.5, 0.6) is 0 Å². The summed E-state index contributed by atoms with van der Waals surface area (Å²) in [6.45, 7) is 11.8. The van der Waals surface area contributed by atoms with Crippen molar-refractivity contribution >= 4 is 11.9 Å². The summed E-state index contributed by atoms with van der Waals surface area (Å²) in [4.78, 5) is 25.9. The van der Waals surface area contributed by atoms with Crippen LogP contribution in [0.3, 0.4) is 0 Å². The number of nitrogens with zero attached hydrogens (tertiary/aromatic N) is 6. The van der Waals surface area contributed by atoms with Gasteiger partial charge in [-0.05, 0) is 31.6 Å². The Kier molecular flexibility index (Phi) is 6.40. The van der Waals surface area contributed by atoms with E-state index in [4.69, 9.17) is 4.74 Å². The maximum absolute atomic E-state index is 12.5. The molecular weight excluding hydrogens is 380 g/mol. The Hall–Kier alpha value is -2.37. The first-order valence-electron chi connectivity index (χ1n) is 11.2. The second-order valence-electron chi connectivity index (χ2n) is 8.58. The molecule has 3 saturated heterocycles. The number of amides is 1. The van der Waals surface area contributed by atoms with Crippen molar-refractivity contribution in [2.24, 2.45) is 0 Å². The van der Waals surface area contributed by atoms with Crippen molar-refractivity contribution in [1.29, 1.82) is 5.26 Å². The molecule has 4 heterocycles. The SMILES string of the molecule is CCN1CCN(CCCN2CC3(CCN(c4ncccc4C#N)CC3)OC2=O)CC1. The molecule has 0 aliphatic carbocycles. The van der Waals surface area contributed by atoms with Gasteiger partial charge in [0.2, 0.25) is 0 Å². The number of anilines is 1. The first-order chi connectivity index (χ1) is 14.6. The van der Waals surface area contributed by atoms with E-state index in [9.17, 15) is 10.1 Å². The summed E-state index contributed by atoms with van der Waals surface area (Å²) in [7, 11) is 0. The van der Waals surface area contributed by atoms with Gasteiger partial charge in [-0.3, -0.25) is 0 Å². The number of hydrogen-bond acceptors (Lipinski definition) is 7. The van der Waals surface area contributed by atoms with Gasteiger partial charge in [-0.2, -0.15) is 5.26 Å². The highest BCUT2D eigenvalue weighted by Gasteiger charge is 2.47. The molecule has 3 fully saturated rings. The van der Waals surface area contributed by atoms with Gasteiger partial charge in [0.25, 0.3) is 0 Å². The van der Waals surface area contributed by atoms with Crippen LogP contribution in [0.2, 0.25) is 0 Å². The fraction of sp³-hybridized carbons (Fsp3) is 0.682. The number of carbonyl (C=O) groups excluding carboxylic acids is 1. The molecule has 1 aromatic rings. The van der Waals surface area contributed by atoms with E-state index in [-0.39, 0.29) is 11.7 Å². The maximum Gasteiger partial charge on any atom is 0.410 e. The number of piperazine rings is 1. The highest BCUT2D eigenvalue weighted by molar-refractivity contribution is 5.71. The van der Waals surface area contributed by atoms with Gasteiger partial charge in [-0.15, -0.1) is 0 Å². The molecule has 8 heteroatoms. The molecule has 0 bridgehead atoms. The average Bonchev–Trinajstić information content (AvgIpc) is 3.09. The summed E-state index contributed by atoms with van der Waals surface area (Å²) in [5.41, 5.74) is 0.209. The molecular formula is C22H32N6O2. The Bertz CT molecular complexity index is 778. The summed E-state index contributed by atoms with van der Waals surface area (Å²) < 4.78 is 5.87. The first-order valence-corrected chi connectivity index (χ1v) is 11.2. The molecule has 4 rings (SSSR count). The molecule has 162 valence electrons. The zero-order valence-electron chi connectivity index (χ0n) is 17.9. The number of rotatable bonds is 6. The summed E-state index contributed by atoms with van der Waals surface area (Å²) in [5.74, 6) is 0.735. The second-order valence-corrected chi connectivity index (χ2v) is 8.58. The van der Waals surface area contributed by atoms with Crippen LogP contribution in [0.25, 0.3) is 0 Å². The van der Waals surface area contributed by atoms with E-state index in [1.807, 2.05) is 4.90 Å². The lowest BCUT2D eigenvalue weighted by molar-refractivity contribution is 0.0365. The quantitative estimate of drug-likeness (QED) is 0.705. The molecule has 0 saturated carbocycles. The lowest BCUT2D eigenvalue weighted by Crippen LogP contribution is -2.48. The van der Waals surface area contributed by atoms with Gasteiger partial charge >= 0.3 is 6.09 Å². The predicted molar refractivity (Wildman–Crippen MR) is 114 cm³/mol. The first kappa shape index (κ1) is 20.9. The molecule has 0 unspecified atom stereocenters. The molecule has 1 spiro atoms. The number of aromatic nitrogens is 1. The largest absolute Gasteiger partial charge is 0.441 e. The van der Waals surface area contributed by atoms with Crippen LogP contribution in [0.1, 0.15) is 31.7 Å². The Morgan fingerprint density at radius 1 is 1.13 bits per heavy atom. The third kappa shape index (κ3) is 4.52. The molecule has 30 heavy (non-hydrogen) atoms. The van der Waals surface area contributed by atoms with E-state index in [0.29, 0.717) is 12.1 Å². The fourth-order valence-corrected chi connectivity index (χ4v) is 4.80. The number of likely N-dealkylation sites (N-methyl/N-ethyl adjacent to an activating group) is 1. The molecule has 0 radical (unpaired) electrons. The molecule has 0 aromatic carbocycles. The van der Waals surface area contributed by atoms with Gasteiger partial charge in [0.15, 0.2) is 0 Å². The third-order valence-corrected chi connectivity index (χ3v) is 6.74. The van der Waals surface area contributed by atoms with Crippen molar-refractivity contribution in [3.05, 3.63) is 23.9 Å². The van der Waals surface area contributed by atoms with Crippen LogP contribution in [-0.4, -0.2) is 96.8 Å². The van der Waals surface area contributed by atoms with Gasteiger partial charge in [0.1, 0.15) is 17.5 Å². The van der Waals surface area contributed by atoms with E-state index >= 15 is 0 Å². The lowest BCUT2D eigenvalue weighted by Gasteiger charge is -2.38. The molecule has 0 atom stereocenters. The van der Waals surface area contributed by atoms with E-state index in [2.05, 4.69) is 32.7 Å². The van der Waals surface area contributed by atoms with Gasteiger partial charge in [-0.1, -0.05) is 6.92 Å². The third-order valence-electron chi connectivity index (χ3n) is 6.74. The summed E-state index contributed by atoms with van der Waals surface area (Å²) >= 11 is 0. The van der Waals surface area contributed by atoms with Crippen molar-refractivity contribution in [2.45, 2.75) is 31.8 Å². The predicted octanol–water partition coefficient (Wildman–Crippen LogP) is 1.77.